The Hall–Kier alpha value is -2.18. The number of amides is 1. The molecule has 3 heterocycles. The number of hydrogen-bond acceptors (Lipinski definition) is 3. The van der Waals surface area contributed by atoms with Gasteiger partial charge in [-0.05, 0) is 53.6 Å². The number of rotatable bonds is 2. The second kappa shape index (κ2) is 5.66. The first-order chi connectivity index (χ1) is 12.5. The lowest BCUT2D eigenvalue weighted by Crippen LogP contribution is -2.36. The number of nitrogens with zero attached hydrogens (tertiary/aromatic N) is 2. The van der Waals surface area contributed by atoms with Crippen molar-refractivity contribution in [3.8, 4) is 0 Å². The summed E-state index contributed by atoms with van der Waals surface area (Å²) in [7, 11) is -3.54. The maximum atomic E-state index is 13.3. The van der Waals surface area contributed by atoms with E-state index < -0.39 is 10.0 Å². The highest BCUT2D eigenvalue weighted by molar-refractivity contribution is 7.89. The van der Waals surface area contributed by atoms with E-state index in [0.717, 1.165) is 35.2 Å². The van der Waals surface area contributed by atoms with Gasteiger partial charge in [0.25, 0.3) is 0 Å². The lowest BCUT2D eigenvalue weighted by atomic mass is 10.00. The highest BCUT2D eigenvalue weighted by Gasteiger charge is 2.35. The Morgan fingerprint density at radius 2 is 1.50 bits per heavy atom. The van der Waals surface area contributed by atoms with Crippen LogP contribution >= 0.6 is 0 Å². The molecular weight excluding hydrogens is 348 g/mol. The summed E-state index contributed by atoms with van der Waals surface area (Å²) < 4.78 is 28.1. The van der Waals surface area contributed by atoms with E-state index >= 15 is 0 Å². The summed E-state index contributed by atoms with van der Waals surface area (Å²) >= 11 is 0. The van der Waals surface area contributed by atoms with Gasteiger partial charge in [-0.2, -0.15) is 4.31 Å². The standard InChI is InChI=1S/C20H20N2O3S/c23-19-6-5-15-11-18(12-16-8-10-22(19)20(15)16)26(24,25)21-9-7-14-3-1-2-4-17(14)13-21/h1-4,11-12H,5-10,13H2. The number of benzene rings is 2. The summed E-state index contributed by atoms with van der Waals surface area (Å²) in [5.41, 5.74) is 5.27. The molecule has 0 saturated heterocycles. The van der Waals surface area contributed by atoms with E-state index in [2.05, 4.69) is 6.07 Å². The Balaban J connectivity index is 1.53. The van der Waals surface area contributed by atoms with E-state index in [1.54, 1.807) is 16.4 Å². The smallest absolute Gasteiger partial charge is 0.243 e. The number of carbonyl (C=O) groups excluding carboxylic acids is 1. The van der Waals surface area contributed by atoms with Gasteiger partial charge in [0, 0.05) is 26.1 Å². The van der Waals surface area contributed by atoms with Crippen LogP contribution in [-0.4, -0.2) is 31.7 Å². The van der Waals surface area contributed by atoms with Crippen molar-refractivity contribution in [3.63, 3.8) is 0 Å². The van der Waals surface area contributed by atoms with Crippen molar-refractivity contribution in [1.29, 1.82) is 0 Å². The Bertz CT molecular complexity index is 1030. The fourth-order valence-corrected chi connectivity index (χ4v) is 5.92. The predicted molar refractivity (Wildman–Crippen MR) is 98.6 cm³/mol. The quantitative estimate of drug-likeness (QED) is 0.817. The molecule has 134 valence electrons. The van der Waals surface area contributed by atoms with Gasteiger partial charge in [-0.25, -0.2) is 8.42 Å². The first-order valence-electron chi connectivity index (χ1n) is 9.07. The SMILES string of the molecule is O=C1CCc2cc(S(=O)(=O)N3CCc4ccccc4C3)cc3c2N1CC3. The molecule has 5 nitrogen and oxygen atoms in total. The van der Waals surface area contributed by atoms with Gasteiger partial charge in [0.2, 0.25) is 15.9 Å². The third-order valence-electron chi connectivity index (χ3n) is 5.76. The Morgan fingerprint density at radius 1 is 0.808 bits per heavy atom. The second-order valence-electron chi connectivity index (χ2n) is 7.24. The maximum Gasteiger partial charge on any atom is 0.243 e. The normalized spacial score (nSPS) is 19.4. The summed E-state index contributed by atoms with van der Waals surface area (Å²) in [6.07, 6.45) is 2.58. The number of carbonyl (C=O) groups is 1. The van der Waals surface area contributed by atoms with Gasteiger partial charge in [0.1, 0.15) is 0 Å². The zero-order valence-corrected chi connectivity index (χ0v) is 15.3. The fraction of sp³-hybridized carbons (Fsp3) is 0.350. The molecular formula is C20H20N2O3S. The molecule has 0 aliphatic carbocycles. The molecule has 0 unspecified atom stereocenters. The van der Waals surface area contributed by atoms with Crippen molar-refractivity contribution in [2.75, 3.05) is 18.0 Å². The zero-order valence-electron chi connectivity index (χ0n) is 14.4. The molecule has 0 aromatic heterocycles. The molecule has 0 bridgehead atoms. The molecule has 0 atom stereocenters. The average molecular weight is 368 g/mol. The fourth-order valence-electron chi connectivity index (χ4n) is 4.40. The van der Waals surface area contributed by atoms with E-state index in [1.807, 2.05) is 23.1 Å². The molecule has 0 spiro atoms. The summed E-state index contributed by atoms with van der Waals surface area (Å²) in [6, 6.07) is 11.6. The van der Waals surface area contributed by atoms with Crippen LogP contribution in [0.15, 0.2) is 41.3 Å². The largest absolute Gasteiger partial charge is 0.312 e. The summed E-state index contributed by atoms with van der Waals surface area (Å²) in [4.78, 5) is 14.3. The minimum Gasteiger partial charge on any atom is -0.312 e. The lowest BCUT2D eigenvalue weighted by Gasteiger charge is -2.29. The monoisotopic (exact) mass is 368 g/mol. The molecule has 0 fully saturated rings. The summed E-state index contributed by atoms with van der Waals surface area (Å²) in [6.45, 7) is 1.60. The topological polar surface area (TPSA) is 57.7 Å². The Morgan fingerprint density at radius 3 is 2.31 bits per heavy atom. The van der Waals surface area contributed by atoms with Crippen LogP contribution in [0.5, 0.6) is 0 Å². The van der Waals surface area contributed by atoms with Crippen LogP contribution in [0.2, 0.25) is 0 Å². The molecule has 2 aromatic carbocycles. The third-order valence-corrected chi connectivity index (χ3v) is 7.58. The zero-order chi connectivity index (χ0) is 17.9. The first-order valence-corrected chi connectivity index (χ1v) is 10.5. The van der Waals surface area contributed by atoms with Crippen molar-refractivity contribution >= 4 is 21.6 Å². The van der Waals surface area contributed by atoms with Gasteiger partial charge >= 0.3 is 0 Å². The molecule has 1 amide bonds. The second-order valence-corrected chi connectivity index (χ2v) is 9.18. The molecule has 6 heteroatoms. The van der Waals surface area contributed by atoms with E-state index in [4.69, 9.17) is 0 Å². The molecule has 3 aliphatic heterocycles. The van der Waals surface area contributed by atoms with Gasteiger partial charge in [-0.3, -0.25) is 4.79 Å². The molecule has 0 radical (unpaired) electrons. The van der Waals surface area contributed by atoms with Gasteiger partial charge in [0.05, 0.1) is 10.6 Å². The number of aryl methyl sites for hydroxylation is 1. The van der Waals surface area contributed by atoms with Gasteiger partial charge in [-0.1, -0.05) is 24.3 Å². The van der Waals surface area contributed by atoms with Crippen molar-refractivity contribution in [1.82, 2.24) is 4.31 Å². The molecule has 2 aromatic rings. The molecule has 3 aliphatic rings. The number of fused-ring (bicyclic) bond motifs is 1. The number of hydrogen-bond donors (Lipinski definition) is 0. The van der Waals surface area contributed by atoms with E-state index in [9.17, 15) is 13.2 Å². The highest BCUT2D eigenvalue weighted by atomic mass is 32.2. The van der Waals surface area contributed by atoms with Crippen molar-refractivity contribution < 1.29 is 13.2 Å². The van der Waals surface area contributed by atoms with E-state index in [1.165, 1.54) is 5.56 Å². The predicted octanol–water partition coefficient (Wildman–Crippen LogP) is 2.27. The highest BCUT2D eigenvalue weighted by Crippen LogP contribution is 2.39. The van der Waals surface area contributed by atoms with E-state index in [-0.39, 0.29) is 5.91 Å². The number of anilines is 1. The van der Waals surface area contributed by atoms with Crippen molar-refractivity contribution in [2.45, 2.75) is 37.1 Å². The first kappa shape index (κ1) is 16.0. The van der Waals surface area contributed by atoms with E-state index in [0.29, 0.717) is 37.4 Å². The van der Waals surface area contributed by atoms with Crippen LogP contribution in [0.4, 0.5) is 5.69 Å². The number of sulfonamides is 1. The molecule has 0 N–H and O–H groups in total. The van der Waals surface area contributed by atoms with Crippen LogP contribution in [0.3, 0.4) is 0 Å². The lowest BCUT2D eigenvalue weighted by molar-refractivity contribution is -0.118. The third kappa shape index (κ3) is 2.32. The summed E-state index contributed by atoms with van der Waals surface area (Å²) in [5, 5.41) is 0. The molecule has 5 rings (SSSR count). The average Bonchev–Trinajstić information content (AvgIpc) is 3.09. The van der Waals surface area contributed by atoms with Gasteiger partial charge < -0.3 is 4.90 Å². The molecule has 26 heavy (non-hydrogen) atoms. The minimum atomic E-state index is -3.54. The van der Waals surface area contributed by atoms with Gasteiger partial charge in [0.15, 0.2) is 0 Å². The van der Waals surface area contributed by atoms with Crippen molar-refractivity contribution in [2.24, 2.45) is 0 Å². The Kier molecular flexibility index (Phi) is 3.49. The van der Waals surface area contributed by atoms with Crippen LogP contribution in [0, 0.1) is 0 Å². The van der Waals surface area contributed by atoms with Crippen LogP contribution in [0.1, 0.15) is 28.7 Å². The van der Waals surface area contributed by atoms with Crippen LogP contribution < -0.4 is 4.90 Å². The minimum absolute atomic E-state index is 0.152. The van der Waals surface area contributed by atoms with Crippen LogP contribution in [-0.2, 0) is 40.6 Å². The molecule has 0 saturated carbocycles. The van der Waals surface area contributed by atoms with Gasteiger partial charge in [-0.15, -0.1) is 0 Å². The summed E-state index contributed by atoms with van der Waals surface area (Å²) in [5.74, 6) is 0.152. The Labute approximate surface area is 153 Å². The van der Waals surface area contributed by atoms with Crippen molar-refractivity contribution in [3.05, 3.63) is 58.7 Å². The maximum absolute atomic E-state index is 13.3. The van der Waals surface area contributed by atoms with Crippen LogP contribution in [0.25, 0.3) is 0 Å².